The third-order valence-electron chi connectivity index (χ3n) is 3.76. The first-order valence-electron chi connectivity index (χ1n) is 7.09. The predicted molar refractivity (Wildman–Crippen MR) is 72.6 cm³/mol. The Morgan fingerprint density at radius 2 is 1.95 bits per heavy atom. The molecule has 1 saturated carbocycles. The standard InChI is InChI=1S/C15H21NO3/c16-13(10-19-12-3-1-4-12)11-5-6-14-15(9-11)18-8-2-7-17-14/h5-6,9,12-13H,1-4,7-8,10,16H2. The van der Waals surface area contributed by atoms with Crippen LogP contribution in [0.25, 0.3) is 0 Å². The molecule has 2 aliphatic rings. The van der Waals surface area contributed by atoms with Gasteiger partial charge < -0.3 is 19.9 Å². The average molecular weight is 263 g/mol. The maximum Gasteiger partial charge on any atom is 0.161 e. The maximum atomic E-state index is 6.17. The summed E-state index contributed by atoms with van der Waals surface area (Å²) >= 11 is 0. The van der Waals surface area contributed by atoms with Crippen molar-refractivity contribution >= 4 is 0 Å². The Bertz CT molecular complexity index is 431. The highest BCUT2D eigenvalue weighted by molar-refractivity contribution is 5.44. The second kappa shape index (κ2) is 5.80. The van der Waals surface area contributed by atoms with Crippen molar-refractivity contribution in [2.45, 2.75) is 37.8 Å². The van der Waals surface area contributed by atoms with Crippen LogP contribution in [-0.4, -0.2) is 25.9 Å². The molecule has 0 amide bonds. The number of fused-ring (bicyclic) bond motifs is 1. The van der Waals surface area contributed by atoms with E-state index < -0.39 is 0 Å². The van der Waals surface area contributed by atoms with Gasteiger partial charge in [-0.3, -0.25) is 0 Å². The molecule has 3 rings (SSSR count). The van der Waals surface area contributed by atoms with Crippen molar-refractivity contribution in [3.05, 3.63) is 23.8 Å². The molecule has 0 saturated heterocycles. The van der Waals surface area contributed by atoms with Gasteiger partial charge in [0.1, 0.15) is 0 Å². The molecule has 4 nitrogen and oxygen atoms in total. The maximum absolute atomic E-state index is 6.17. The first kappa shape index (κ1) is 12.8. The van der Waals surface area contributed by atoms with E-state index in [9.17, 15) is 0 Å². The highest BCUT2D eigenvalue weighted by Gasteiger charge is 2.20. The van der Waals surface area contributed by atoms with Gasteiger partial charge in [0.25, 0.3) is 0 Å². The minimum atomic E-state index is -0.0993. The van der Waals surface area contributed by atoms with E-state index in [1.165, 1.54) is 19.3 Å². The van der Waals surface area contributed by atoms with Gasteiger partial charge in [0.15, 0.2) is 11.5 Å². The monoisotopic (exact) mass is 263 g/mol. The molecule has 1 aromatic rings. The van der Waals surface area contributed by atoms with Gasteiger partial charge in [-0.15, -0.1) is 0 Å². The van der Waals surface area contributed by atoms with Crippen LogP contribution in [0.3, 0.4) is 0 Å². The quantitative estimate of drug-likeness (QED) is 0.906. The van der Waals surface area contributed by atoms with Gasteiger partial charge in [-0.25, -0.2) is 0 Å². The molecule has 104 valence electrons. The molecule has 1 aromatic carbocycles. The van der Waals surface area contributed by atoms with E-state index in [0.717, 1.165) is 23.5 Å². The van der Waals surface area contributed by atoms with Crippen molar-refractivity contribution in [2.24, 2.45) is 5.73 Å². The van der Waals surface area contributed by atoms with Crippen LogP contribution >= 0.6 is 0 Å². The Kier molecular flexibility index (Phi) is 3.89. The summed E-state index contributed by atoms with van der Waals surface area (Å²) in [6.45, 7) is 1.98. The lowest BCUT2D eigenvalue weighted by Gasteiger charge is -2.27. The van der Waals surface area contributed by atoms with Crippen LogP contribution in [-0.2, 0) is 4.74 Å². The van der Waals surface area contributed by atoms with Crippen molar-refractivity contribution < 1.29 is 14.2 Å². The minimum absolute atomic E-state index is 0.0993. The molecule has 1 fully saturated rings. The molecule has 0 radical (unpaired) electrons. The number of benzene rings is 1. The Morgan fingerprint density at radius 1 is 1.16 bits per heavy atom. The molecule has 1 aliphatic heterocycles. The third kappa shape index (κ3) is 3.01. The SMILES string of the molecule is NC(COC1CCC1)c1ccc2c(c1)OCCCO2. The van der Waals surface area contributed by atoms with E-state index in [4.69, 9.17) is 19.9 Å². The van der Waals surface area contributed by atoms with Gasteiger partial charge in [-0.05, 0) is 37.0 Å². The van der Waals surface area contributed by atoms with Gasteiger partial charge in [0.05, 0.1) is 32.0 Å². The van der Waals surface area contributed by atoms with E-state index in [1.807, 2.05) is 18.2 Å². The van der Waals surface area contributed by atoms with E-state index in [1.54, 1.807) is 0 Å². The van der Waals surface area contributed by atoms with Gasteiger partial charge in [0.2, 0.25) is 0 Å². The van der Waals surface area contributed by atoms with Gasteiger partial charge in [-0.1, -0.05) is 6.07 Å². The van der Waals surface area contributed by atoms with E-state index in [0.29, 0.717) is 25.9 Å². The minimum Gasteiger partial charge on any atom is -0.490 e. The fourth-order valence-corrected chi connectivity index (χ4v) is 2.28. The van der Waals surface area contributed by atoms with Crippen molar-refractivity contribution in [3.8, 4) is 11.5 Å². The second-order valence-corrected chi connectivity index (χ2v) is 5.25. The summed E-state index contributed by atoms with van der Waals surface area (Å²) in [6.07, 6.45) is 4.97. The molecule has 0 aromatic heterocycles. The molecular weight excluding hydrogens is 242 g/mol. The van der Waals surface area contributed by atoms with Crippen molar-refractivity contribution in [2.75, 3.05) is 19.8 Å². The van der Waals surface area contributed by atoms with Crippen LogP contribution in [0.2, 0.25) is 0 Å². The average Bonchev–Trinajstić information content (AvgIpc) is 2.60. The largest absolute Gasteiger partial charge is 0.490 e. The summed E-state index contributed by atoms with van der Waals surface area (Å²) in [5.41, 5.74) is 7.22. The van der Waals surface area contributed by atoms with Crippen LogP contribution in [0.1, 0.15) is 37.3 Å². The number of nitrogens with two attached hydrogens (primary N) is 1. The Balaban J connectivity index is 1.64. The zero-order chi connectivity index (χ0) is 13.1. The molecule has 4 heteroatoms. The van der Waals surface area contributed by atoms with Crippen LogP contribution in [0, 0.1) is 0 Å². The van der Waals surface area contributed by atoms with Gasteiger partial charge in [-0.2, -0.15) is 0 Å². The van der Waals surface area contributed by atoms with Gasteiger partial charge in [0, 0.05) is 6.42 Å². The molecule has 1 atom stereocenters. The van der Waals surface area contributed by atoms with Crippen LogP contribution in [0.5, 0.6) is 11.5 Å². The lowest BCUT2D eigenvalue weighted by molar-refractivity contribution is -0.00447. The first-order chi connectivity index (χ1) is 9.33. The number of ether oxygens (including phenoxy) is 3. The summed E-state index contributed by atoms with van der Waals surface area (Å²) < 4.78 is 17.1. The Hall–Kier alpha value is -1.26. The summed E-state index contributed by atoms with van der Waals surface area (Å²) in [5, 5.41) is 0. The zero-order valence-corrected chi connectivity index (χ0v) is 11.1. The predicted octanol–water partition coefficient (Wildman–Crippen LogP) is 2.42. The van der Waals surface area contributed by atoms with Crippen LogP contribution in [0.4, 0.5) is 0 Å². The molecule has 1 aliphatic carbocycles. The molecular formula is C15H21NO3. The molecule has 2 N–H and O–H groups in total. The van der Waals surface area contributed by atoms with E-state index >= 15 is 0 Å². The van der Waals surface area contributed by atoms with E-state index in [2.05, 4.69) is 0 Å². The van der Waals surface area contributed by atoms with Gasteiger partial charge >= 0.3 is 0 Å². The smallest absolute Gasteiger partial charge is 0.161 e. The second-order valence-electron chi connectivity index (χ2n) is 5.25. The number of rotatable bonds is 4. The third-order valence-corrected chi connectivity index (χ3v) is 3.76. The lowest BCUT2D eigenvalue weighted by atomic mass is 9.96. The number of hydrogen-bond acceptors (Lipinski definition) is 4. The fraction of sp³-hybridized carbons (Fsp3) is 0.600. The van der Waals surface area contributed by atoms with Crippen LogP contribution in [0.15, 0.2) is 18.2 Å². The topological polar surface area (TPSA) is 53.7 Å². The van der Waals surface area contributed by atoms with Crippen LogP contribution < -0.4 is 15.2 Å². The molecule has 1 heterocycles. The Morgan fingerprint density at radius 3 is 2.68 bits per heavy atom. The van der Waals surface area contributed by atoms with Crippen molar-refractivity contribution in [1.82, 2.24) is 0 Å². The number of hydrogen-bond donors (Lipinski definition) is 1. The first-order valence-corrected chi connectivity index (χ1v) is 7.09. The highest BCUT2D eigenvalue weighted by Crippen LogP contribution is 2.32. The molecule has 1 unspecified atom stereocenters. The lowest BCUT2D eigenvalue weighted by Crippen LogP contribution is -2.26. The molecule has 0 bridgehead atoms. The highest BCUT2D eigenvalue weighted by atomic mass is 16.5. The summed E-state index contributed by atoms with van der Waals surface area (Å²) in [7, 11) is 0. The van der Waals surface area contributed by atoms with Crippen molar-refractivity contribution in [1.29, 1.82) is 0 Å². The fourth-order valence-electron chi connectivity index (χ4n) is 2.28. The van der Waals surface area contributed by atoms with Crippen molar-refractivity contribution in [3.63, 3.8) is 0 Å². The Labute approximate surface area is 113 Å². The summed E-state index contributed by atoms with van der Waals surface area (Å²) in [4.78, 5) is 0. The molecule has 19 heavy (non-hydrogen) atoms. The summed E-state index contributed by atoms with van der Waals surface area (Å²) in [5.74, 6) is 1.61. The molecule has 0 spiro atoms. The van der Waals surface area contributed by atoms with E-state index in [-0.39, 0.29) is 6.04 Å². The zero-order valence-electron chi connectivity index (χ0n) is 11.1. The normalized spacial score (nSPS) is 20.5. The summed E-state index contributed by atoms with van der Waals surface area (Å²) in [6, 6.07) is 5.83.